The van der Waals surface area contributed by atoms with Crippen LogP contribution in [0.1, 0.15) is 10.4 Å². The van der Waals surface area contributed by atoms with Crippen LogP contribution in [0.15, 0.2) is 65.6 Å². The summed E-state index contributed by atoms with van der Waals surface area (Å²) < 4.78 is 63.8. The fourth-order valence-electron chi connectivity index (χ4n) is 2.79. The average molecular weight is 432 g/mol. The molecule has 1 amide bonds. The van der Waals surface area contributed by atoms with Gasteiger partial charge >= 0.3 is 0 Å². The summed E-state index contributed by atoms with van der Waals surface area (Å²) in [4.78, 5) is 12.1. The number of halogens is 2. The molecule has 0 saturated heterocycles. The van der Waals surface area contributed by atoms with Gasteiger partial charge in [-0.2, -0.15) is 0 Å². The van der Waals surface area contributed by atoms with Crippen molar-refractivity contribution >= 4 is 27.3 Å². The third-order valence-corrected chi connectivity index (χ3v) is 5.62. The minimum Gasteiger partial charge on any atom is -0.454 e. The number of hydrogen-bond acceptors (Lipinski definition) is 5. The van der Waals surface area contributed by atoms with Crippen molar-refractivity contribution in [3.05, 3.63) is 77.9 Å². The van der Waals surface area contributed by atoms with Crippen molar-refractivity contribution in [2.75, 3.05) is 16.8 Å². The van der Waals surface area contributed by atoms with Gasteiger partial charge in [-0.25, -0.2) is 17.2 Å². The lowest BCUT2D eigenvalue weighted by atomic mass is 10.1. The smallest absolute Gasteiger partial charge is 0.261 e. The molecule has 2 N–H and O–H groups in total. The lowest BCUT2D eigenvalue weighted by Crippen LogP contribution is -2.14. The number of para-hydroxylation sites is 1. The van der Waals surface area contributed by atoms with Crippen molar-refractivity contribution in [3.8, 4) is 11.5 Å². The highest BCUT2D eigenvalue weighted by Gasteiger charge is 2.22. The first-order valence-corrected chi connectivity index (χ1v) is 10.1. The predicted molar refractivity (Wildman–Crippen MR) is 104 cm³/mol. The summed E-state index contributed by atoms with van der Waals surface area (Å²) in [6.45, 7) is 0.0341. The first-order valence-electron chi connectivity index (χ1n) is 8.61. The number of nitrogens with one attached hydrogen (secondary N) is 2. The van der Waals surface area contributed by atoms with E-state index >= 15 is 0 Å². The van der Waals surface area contributed by atoms with Crippen LogP contribution in [0, 0.1) is 11.6 Å². The van der Waals surface area contributed by atoms with Gasteiger partial charge in [0.05, 0.1) is 10.5 Å². The third kappa shape index (κ3) is 3.90. The van der Waals surface area contributed by atoms with Gasteiger partial charge in [-0.05, 0) is 54.6 Å². The Balaban J connectivity index is 1.47. The number of fused-ring (bicyclic) bond motifs is 1. The van der Waals surface area contributed by atoms with Crippen LogP contribution in [0.5, 0.6) is 11.5 Å². The second-order valence-corrected chi connectivity index (χ2v) is 7.93. The van der Waals surface area contributed by atoms with Crippen LogP contribution in [-0.4, -0.2) is 21.1 Å². The van der Waals surface area contributed by atoms with E-state index in [2.05, 4.69) is 10.0 Å². The molecule has 3 aromatic rings. The summed E-state index contributed by atoms with van der Waals surface area (Å²) in [5.74, 6) is -2.00. The largest absolute Gasteiger partial charge is 0.454 e. The molecule has 30 heavy (non-hydrogen) atoms. The summed E-state index contributed by atoms with van der Waals surface area (Å²) in [5.41, 5.74) is 0.885. The fraction of sp³-hybridized carbons (Fsp3) is 0.0500. The highest BCUT2D eigenvalue weighted by atomic mass is 32.2. The maximum atomic E-state index is 13.3. The molecule has 0 spiro atoms. The van der Waals surface area contributed by atoms with E-state index in [0.29, 0.717) is 28.8 Å². The predicted octanol–water partition coefficient (Wildman–Crippen LogP) is 3.75. The molecule has 3 aromatic carbocycles. The Hall–Kier alpha value is -3.66. The molecule has 0 saturated carbocycles. The number of ether oxygens (including phenoxy) is 2. The Morgan fingerprint density at radius 3 is 2.37 bits per heavy atom. The van der Waals surface area contributed by atoms with Gasteiger partial charge in [-0.3, -0.25) is 9.52 Å². The Bertz CT molecular complexity index is 1230. The van der Waals surface area contributed by atoms with Crippen molar-refractivity contribution < 1.29 is 31.5 Å². The molecule has 1 aliphatic heterocycles. The first kappa shape index (κ1) is 19.6. The molecule has 0 fully saturated rings. The molecule has 0 aromatic heterocycles. The number of sulfonamides is 1. The Kier molecular flexibility index (Phi) is 5.00. The number of anilines is 2. The molecular formula is C20H14F2N2O5S. The quantitative estimate of drug-likeness (QED) is 0.641. The second kappa shape index (κ2) is 7.64. The molecular weight excluding hydrogens is 418 g/mol. The lowest BCUT2D eigenvalue weighted by Gasteiger charge is -2.10. The van der Waals surface area contributed by atoms with Gasteiger partial charge in [0.1, 0.15) is 0 Å². The van der Waals surface area contributed by atoms with E-state index in [4.69, 9.17) is 9.47 Å². The fourth-order valence-corrected chi connectivity index (χ4v) is 3.86. The van der Waals surface area contributed by atoms with Crippen LogP contribution >= 0.6 is 0 Å². The second-order valence-electron chi connectivity index (χ2n) is 6.25. The molecule has 0 unspecified atom stereocenters. The summed E-state index contributed by atoms with van der Waals surface area (Å²) in [6, 6.07) is 13.0. The van der Waals surface area contributed by atoms with E-state index in [-0.39, 0.29) is 12.5 Å². The van der Waals surface area contributed by atoms with E-state index in [1.165, 1.54) is 24.3 Å². The molecule has 0 aliphatic carbocycles. The highest BCUT2D eigenvalue weighted by molar-refractivity contribution is 7.92. The highest BCUT2D eigenvalue weighted by Crippen LogP contribution is 2.35. The Morgan fingerprint density at radius 1 is 0.900 bits per heavy atom. The first-order chi connectivity index (χ1) is 14.3. The van der Waals surface area contributed by atoms with Crippen LogP contribution in [-0.2, 0) is 10.0 Å². The van der Waals surface area contributed by atoms with Crippen LogP contribution in [0.25, 0.3) is 0 Å². The van der Waals surface area contributed by atoms with E-state index in [9.17, 15) is 22.0 Å². The normalized spacial score (nSPS) is 12.5. The van der Waals surface area contributed by atoms with Crippen LogP contribution in [0.2, 0.25) is 0 Å². The molecule has 0 radical (unpaired) electrons. The Labute approximate surface area is 170 Å². The van der Waals surface area contributed by atoms with Gasteiger partial charge in [-0.1, -0.05) is 6.07 Å². The van der Waals surface area contributed by atoms with Crippen molar-refractivity contribution in [1.82, 2.24) is 0 Å². The van der Waals surface area contributed by atoms with Gasteiger partial charge in [0.2, 0.25) is 6.79 Å². The maximum Gasteiger partial charge on any atom is 0.261 e. The molecule has 1 aliphatic rings. The summed E-state index contributed by atoms with van der Waals surface area (Å²) >= 11 is 0. The molecule has 0 bridgehead atoms. The molecule has 1 heterocycles. The van der Waals surface area contributed by atoms with Gasteiger partial charge < -0.3 is 14.8 Å². The number of hydrogen-bond donors (Lipinski definition) is 2. The standard InChI is InChI=1S/C20H14F2N2O5S/c21-16-9-8-14(10-17(16)22)30(26,27)24-13-6-4-12(5-7-13)23-20(25)15-2-1-3-18-19(15)29-11-28-18/h1-10,24H,11H2,(H,23,25). The maximum absolute atomic E-state index is 13.3. The van der Waals surface area contributed by atoms with E-state index < -0.39 is 32.5 Å². The van der Waals surface area contributed by atoms with Crippen LogP contribution in [0.3, 0.4) is 0 Å². The van der Waals surface area contributed by atoms with E-state index in [1.807, 2.05) is 0 Å². The van der Waals surface area contributed by atoms with Gasteiger partial charge in [-0.15, -0.1) is 0 Å². The van der Waals surface area contributed by atoms with Crippen molar-refractivity contribution in [2.45, 2.75) is 4.90 Å². The molecule has 10 heteroatoms. The summed E-state index contributed by atoms with van der Waals surface area (Å²) in [5, 5.41) is 2.68. The monoisotopic (exact) mass is 432 g/mol. The van der Waals surface area contributed by atoms with Crippen molar-refractivity contribution in [3.63, 3.8) is 0 Å². The minimum absolute atomic E-state index is 0.0341. The molecule has 7 nitrogen and oxygen atoms in total. The zero-order valence-corrected chi connectivity index (χ0v) is 16.0. The zero-order chi connectivity index (χ0) is 21.3. The van der Waals surface area contributed by atoms with E-state index in [1.54, 1.807) is 18.2 Å². The minimum atomic E-state index is -4.11. The number of carbonyl (C=O) groups is 1. The molecule has 0 atom stereocenters. The third-order valence-electron chi connectivity index (χ3n) is 4.24. The van der Waals surface area contributed by atoms with Gasteiger partial charge in [0.25, 0.3) is 15.9 Å². The van der Waals surface area contributed by atoms with Gasteiger partial charge in [0, 0.05) is 11.4 Å². The molecule has 154 valence electrons. The van der Waals surface area contributed by atoms with Gasteiger partial charge in [0.15, 0.2) is 23.1 Å². The average Bonchev–Trinajstić information content (AvgIpc) is 3.20. The lowest BCUT2D eigenvalue weighted by molar-refractivity contribution is 0.102. The number of benzene rings is 3. The van der Waals surface area contributed by atoms with E-state index in [0.717, 1.165) is 12.1 Å². The van der Waals surface area contributed by atoms with Crippen LogP contribution in [0.4, 0.5) is 20.2 Å². The summed E-state index contributed by atoms with van der Waals surface area (Å²) in [7, 11) is -4.11. The number of amides is 1. The number of rotatable bonds is 5. The SMILES string of the molecule is O=C(Nc1ccc(NS(=O)(=O)c2ccc(F)c(F)c2)cc1)c1cccc2c1OCO2. The molecule has 4 rings (SSSR count). The topological polar surface area (TPSA) is 93.7 Å². The number of carbonyl (C=O) groups excluding carboxylic acids is 1. The Morgan fingerprint density at radius 2 is 1.63 bits per heavy atom. The zero-order valence-electron chi connectivity index (χ0n) is 15.2. The van der Waals surface area contributed by atoms with Crippen LogP contribution < -0.4 is 19.5 Å². The summed E-state index contributed by atoms with van der Waals surface area (Å²) in [6.07, 6.45) is 0. The van der Waals surface area contributed by atoms with Crippen molar-refractivity contribution in [2.24, 2.45) is 0 Å². The van der Waals surface area contributed by atoms with Crippen molar-refractivity contribution in [1.29, 1.82) is 0 Å².